The number of hydrogen-bond acceptors (Lipinski definition) is 9. The van der Waals surface area contributed by atoms with Crippen molar-refractivity contribution < 1.29 is 38.3 Å². The number of aliphatic hydroxyl groups is 1. The minimum atomic E-state index is -0.695. The Morgan fingerprint density at radius 2 is 1.16 bits per heavy atom. The maximum absolute atomic E-state index is 9.86. The summed E-state index contributed by atoms with van der Waals surface area (Å²) in [7, 11) is 3.23. The standard InChI is InChI=1S/C34H43NO8/c1-37-30-20-35(18-28(21-36)42-30)19-29-31(39-22-25-12-6-3-7-13-25)32(40-23-26-14-8-4-9-15-26)33(34(38-2)43-29)41-24-27-16-10-5-11-17-27/h3-17,28-34,36H,18-24H2,1-2H3/t28-,29+,30-,31+,32-,33+,34-/m0/s1. The van der Waals surface area contributed by atoms with Crippen LogP contribution in [0.3, 0.4) is 0 Å². The first-order valence-corrected chi connectivity index (χ1v) is 14.8. The van der Waals surface area contributed by atoms with Crippen LogP contribution in [0.15, 0.2) is 91.0 Å². The number of morpholine rings is 1. The Bertz CT molecular complexity index is 1170. The molecule has 2 aliphatic heterocycles. The normalized spacial score (nSPS) is 28.1. The van der Waals surface area contributed by atoms with Crippen molar-refractivity contribution >= 4 is 0 Å². The lowest BCUT2D eigenvalue weighted by molar-refractivity contribution is -0.321. The Morgan fingerprint density at radius 3 is 1.65 bits per heavy atom. The van der Waals surface area contributed by atoms with Gasteiger partial charge in [-0.3, -0.25) is 4.90 Å². The van der Waals surface area contributed by atoms with E-state index in [4.69, 9.17) is 33.2 Å². The van der Waals surface area contributed by atoms with Gasteiger partial charge in [-0.2, -0.15) is 0 Å². The molecule has 2 saturated heterocycles. The average Bonchev–Trinajstić information content (AvgIpc) is 3.07. The lowest BCUT2D eigenvalue weighted by Gasteiger charge is -2.47. The largest absolute Gasteiger partial charge is 0.394 e. The molecule has 43 heavy (non-hydrogen) atoms. The van der Waals surface area contributed by atoms with Gasteiger partial charge in [-0.25, -0.2) is 0 Å². The van der Waals surface area contributed by atoms with Crippen molar-refractivity contribution in [2.24, 2.45) is 0 Å². The fourth-order valence-corrected chi connectivity index (χ4v) is 5.59. The minimum absolute atomic E-state index is 0.102. The van der Waals surface area contributed by atoms with Crippen LogP contribution in [-0.4, -0.2) is 93.6 Å². The zero-order valence-electron chi connectivity index (χ0n) is 24.9. The molecule has 0 amide bonds. The van der Waals surface area contributed by atoms with Gasteiger partial charge in [0.1, 0.15) is 24.4 Å². The van der Waals surface area contributed by atoms with Gasteiger partial charge in [-0.15, -0.1) is 0 Å². The van der Waals surface area contributed by atoms with E-state index in [9.17, 15) is 5.11 Å². The molecule has 2 fully saturated rings. The predicted octanol–water partition coefficient (Wildman–Crippen LogP) is 3.78. The fraction of sp³-hybridized carbons (Fsp3) is 0.471. The van der Waals surface area contributed by atoms with Crippen LogP contribution in [0.2, 0.25) is 0 Å². The van der Waals surface area contributed by atoms with E-state index in [1.807, 2.05) is 91.0 Å². The number of aliphatic hydroxyl groups excluding tert-OH is 1. The first-order chi connectivity index (χ1) is 21.2. The molecule has 3 aromatic rings. The molecule has 0 bridgehead atoms. The van der Waals surface area contributed by atoms with Crippen LogP contribution in [0, 0.1) is 0 Å². The molecule has 7 atom stereocenters. The lowest BCUT2D eigenvalue weighted by Crippen LogP contribution is -2.63. The Morgan fingerprint density at radius 1 is 0.651 bits per heavy atom. The molecule has 0 aromatic heterocycles. The van der Waals surface area contributed by atoms with Gasteiger partial charge in [-0.05, 0) is 16.7 Å². The molecule has 1 N–H and O–H groups in total. The molecular weight excluding hydrogens is 550 g/mol. The highest BCUT2D eigenvalue weighted by atomic mass is 16.7. The molecule has 232 valence electrons. The zero-order valence-corrected chi connectivity index (χ0v) is 24.9. The predicted molar refractivity (Wildman–Crippen MR) is 160 cm³/mol. The maximum atomic E-state index is 9.86. The van der Waals surface area contributed by atoms with Crippen molar-refractivity contribution in [3.8, 4) is 0 Å². The molecule has 0 radical (unpaired) electrons. The number of benzene rings is 3. The van der Waals surface area contributed by atoms with Crippen LogP contribution in [0.25, 0.3) is 0 Å². The first kappa shape index (κ1) is 31.7. The third-order valence-electron chi connectivity index (χ3n) is 7.80. The zero-order chi connectivity index (χ0) is 29.9. The van der Waals surface area contributed by atoms with Crippen LogP contribution < -0.4 is 0 Å². The van der Waals surface area contributed by atoms with Crippen molar-refractivity contribution in [1.82, 2.24) is 4.90 Å². The van der Waals surface area contributed by atoms with E-state index in [0.29, 0.717) is 39.5 Å². The Kier molecular flexibility index (Phi) is 12.1. The lowest BCUT2D eigenvalue weighted by atomic mass is 9.96. The van der Waals surface area contributed by atoms with E-state index in [1.165, 1.54) is 0 Å². The highest BCUT2D eigenvalue weighted by Gasteiger charge is 2.49. The topological polar surface area (TPSA) is 88.1 Å². The number of rotatable bonds is 14. The molecule has 2 aliphatic rings. The minimum Gasteiger partial charge on any atom is -0.394 e. The molecule has 0 spiro atoms. The van der Waals surface area contributed by atoms with Gasteiger partial charge in [0.15, 0.2) is 12.6 Å². The first-order valence-electron chi connectivity index (χ1n) is 14.8. The Hall–Kier alpha value is -2.70. The van der Waals surface area contributed by atoms with Gasteiger partial charge in [0.25, 0.3) is 0 Å². The van der Waals surface area contributed by atoms with Crippen LogP contribution >= 0.6 is 0 Å². The van der Waals surface area contributed by atoms with Gasteiger partial charge >= 0.3 is 0 Å². The summed E-state index contributed by atoms with van der Waals surface area (Å²) in [6.07, 6.45) is -3.51. The maximum Gasteiger partial charge on any atom is 0.186 e. The Labute approximate surface area is 254 Å². The quantitative estimate of drug-likeness (QED) is 0.300. The summed E-state index contributed by atoms with van der Waals surface area (Å²) in [4.78, 5) is 2.17. The number of ether oxygens (including phenoxy) is 7. The molecular formula is C34H43NO8. The second kappa shape index (κ2) is 16.4. The van der Waals surface area contributed by atoms with Gasteiger partial charge in [-0.1, -0.05) is 91.0 Å². The smallest absolute Gasteiger partial charge is 0.186 e. The van der Waals surface area contributed by atoms with Gasteiger partial charge < -0.3 is 38.3 Å². The molecule has 3 aromatic carbocycles. The average molecular weight is 594 g/mol. The molecule has 0 unspecified atom stereocenters. The van der Waals surface area contributed by atoms with Crippen LogP contribution in [-0.2, 0) is 53.0 Å². The van der Waals surface area contributed by atoms with Crippen LogP contribution in [0.1, 0.15) is 16.7 Å². The van der Waals surface area contributed by atoms with Gasteiger partial charge in [0.05, 0.1) is 32.5 Å². The summed E-state index contributed by atoms with van der Waals surface area (Å²) in [6.45, 7) is 2.57. The van der Waals surface area contributed by atoms with E-state index < -0.39 is 37.0 Å². The van der Waals surface area contributed by atoms with Crippen LogP contribution in [0.4, 0.5) is 0 Å². The summed E-state index contributed by atoms with van der Waals surface area (Å²) < 4.78 is 43.7. The molecule has 5 rings (SSSR count). The fourth-order valence-electron chi connectivity index (χ4n) is 5.59. The van der Waals surface area contributed by atoms with E-state index in [1.54, 1.807) is 14.2 Å². The monoisotopic (exact) mass is 593 g/mol. The second-order valence-electron chi connectivity index (χ2n) is 10.9. The van der Waals surface area contributed by atoms with Crippen molar-refractivity contribution in [2.45, 2.75) is 62.9 Å². The molecule has 0 aliphatic carbocycles. The number of hydrogen-bond donors (Lipinski definition) is 1. The van der Waals surface area contributed by atoms with Gasteiger partial charge in [0.2, 0.25) is 0 Å². The van der Waals surface area contributed by atoms with Crippen LogP contribution in [0.5, 0.6) is 0 Å². The number of nitrogens with zero attached hydrogens (tertiary/aromatic N) is 1. The van der Waals surface area contributed by atoms with Crippen molar-refractivity contribution in [3.05, 3.63) is 108 Å². The summed E-state index contributed by atoms with van der Waals surface area (Å²) in [5, 5.41) is 9.86. The second-order valence-corrected chi connectivity index (χ2v) is 10.9. The highest BCUT2D eigenvalue weighted by Crippen LogP contribution is 2.32. The van der Waals surface area contributed by atoms with E-state index >= 15 is 0 Å². The van der Waals surface area contributed by atoms with E-state index in [-0.39, 0.29) is 12.7 Å². The summed E-state index contributed by atoms with van der Waals surface area (Å²) in [5.74, 6) is 0. The third-order valence-corrected chi connectivity index (χ3v) is 7.80. The molecule has 0 saturated carbocycles. The highest BCUT2D eigenvalue weighted by molar-refractivity contribution is 5.15. The van der Waals surface area contributed by atoms with Crippen molar-refractivity contribution in [1.29, 1.82) is 0 Å². The number of methoxy groups -OCH3 is 2. The van der Waals surface area contributed by atoms with Crippen molar-refractivity contribution in [3.63, 3.8) is 0 Å². The Balaban J connectivity index is 1.42. The van der Waals surface area contributed by atoms with E-state index in [0.717, 1.165) is 16.7 Å². The SMILES string of the molecule is CO[C@@H]1CN(C[C@H]2O[C@H](OC)[C@H](OCc3ccccc3)[C@@H](OCc3ccccc3)[C@@H]2OCc2ccccc2)C[C@@H](CO)O1. The summed E-state index contributed by atoms with van der Waals surface area (Å²) in [6, 6.07) is 30.1. The van der Waals surface area contributed by atoms with Crippen molar-refractivity contribution in [2.75, 3.05) is 40.5 Å². The van der Waals surface area contributed by atoms with Gasteiger partial charge in [0, 0.05) is 33.9 Å². The third kappa shape index (κ3) is 8.92. The summed E-state index contributed by atoms with van der Waals surface area (Å²) >= 11 is 0. The molecule has 2 heterocycles. The summed E-state index contributed by atoms with van der Waals surface area (Å²) in [5.41, 5.74) is 3.13. The molecule has 9 heteroatoms. The molecule has 9 nitrogen and oxygen atoms in total. The van der Waals surface area contributed by atoms with E-state index in [2.05, 4.69) is 4.90 Å².